The first-order valence-electron chi connectivity index (χ1n) is 6.43. The van der Waals surface area contributed by atoms with Gasteiger partial charge in [0.25, 0.3) is 5.91 Å². The lowest BCUT2D eigenvalue weighted by atomic mass is 10.1. The molecule has 0 unspecified atom stereocenters. The van der Waals surface area contributed by atoms with Crippen molar-refractivity contribution in [3.8, 4) is 0 Å². The SMILES string of the molecule is C[C@@H](O)[C@H](NC(=O)CCCNC(=O)c1ccco1)C(=O)O. The molecule has 4 N–H and O–H groups in total. The second kappa shape index (κ2) is 8.05. The van der Waals surface area contributed by atoms with Crippen molar-refractivity contribution >= 4 is 17.8 Å². The van der Waals surface area contributed by atoms with Crippen LogP contribution in [0.3, 0.4) is 0 Å². The van der Waals surface area contributed by atoms with E-state index in [-0.39, 0.29) is 24.6 Å². The van der Waals surface area contributed by atoms with Gasteiger partial charge in [0.15, 0.2) is 11.8 Å². The minimum absolute atomic E-state index is 0.0366. The minimum Gasteiger partial charge on any atom is -0.480 e. The molecule has 0 aliphatic carbocycles. The Morgan fingerprint density at radius 1 is 1.38 bits per heavy atom. The van der Waals surface area contributed by atoms with Gasteiger partial charge in [0.05, 0.1) is 12.4 Å². The lowest BCUT2D eigenvalue weighted by Gasteiger charge is -2.16. The summed E-state index contributed by atoms with van der Waals surface area (Å²) in [5.41, 5.74) is 0. The predicted molar refractivity (Wildman–Crippen MR) is 71.5 cm³/mol. The number of carbonyl (C=O) groups is 3. The molecule has 0 radical (unpaired) electrons. The van der Waals surface area contributed by atoms with Crippen LogP contribution < -0.4 is 10.6 Å². The summed E-state index contributed by atoms with van der Waals surface area (Å²) >= 11 is 0. The predicted octanol–water partition coefficient (Wildman–Crippen LogP) is -0.260. The van der Waals surface area contributed by atoms with Crippen LogP contribution in [0.15, 0.2) is 22.8 Å². The molecular formula is C13H18N2O6. The van der Waals surface area contributed by atoms with Crippen molar-refractivity contribution in [2.24, 2.45) is 0 Å². The quantitative estimate of drug-likeness (QED) is 0.489. The van der Waals surface area contributed by atoms with Crippen molar-refractivity contribution in [2.75, 3.05) is 6.54 Å². The Bertz CT molecular complexity index is 483. The molecule has 1 rings (SSSR count). The van der Waals surface area contributed by atoms with E-state index in [0.717, 1.165) is 0 Å². The van der Waals surface area contributed by atoms with Crippen LogP contribution in [0.5, 0.6) is 0 Å². The molecule has 0 aliphatic heterocycles. The molecule has 0 aromatic carbocycles. The van der Waals surface area contributed by atoms with Gasteiger partial charge in [-0.1, -0.05) is 0 Å². The van der Waals surface area contributed by atoms with Crippen molar-refractivity contribution in [1.29, 1.82) is 0 Å². The molecule has 1 aromatic heterocycles. The van der Waals surface area contributed by atoms with Gasteiger partial charge >= 0.3 is 5.97 Å². The second-order valence-corrected chi connectivity index (χ2v) is 4.46. The van der Waals surface area contributed by atoms with Crippen LogP contribution in [-0.2, 0) is 9.59 Å². The van der Waals surface area contributed by atoms with Crippen LogP contribution in [0.4, 0.5) is 0 Å². The lowest BCUT2D eigenvalue weighted by molar-refractivity contribution is -0.144. The summed E-state index contributed by atoms with van der Waals surface area (Å²) in [5, 5.41) is 22.8. The molecule has 8 heteroatoms. The Morgan fingerprint density at radius 3 is 2.62 bits per heavy atom. The van der Waals surface area contributed by atoms with Crippen LogP contribution in [0, 0.1) is 0 Å². The highest BCUT2D eigenvalue weighted by atomic mass is 16.4. The van der Waals surface area contributed by atoms with E-state index < -0.39 is 24.0 Å². The maximum Gasteiger partial charge on any atom is 0.328 e. The molecule has 0 aliphatic rings. The Hall–Kier alpha value is -2.35. The van der Waals surface area contributed by atoms with E-state index in [4.69, 9.17) is 9.52 Å². The number of carboxylic acids is 1. The lowest BCUT2D eigenvalue weighted by Crippen LogP contribution is -2.47. The summed E-state index contributed by atoms with van der Waals surface area (Å²) < 4.78 is 4.89. The van der Waals surface area contributed by atoms with Crippen molar-refractivity contribution in [2.45, 2.75) is 31.9 Å². The van der Waals surface area contributed by atoms with Crippen molar-refractivity contribution in [3.63, 3.8) is 0 Å². The molecule has 0 saturated carbocycles. The number of rotatable bonds is 8. The summed E-state index contributed by atoms with van der Waals surface area (Å²) in [4.78, 5) is 33.8. The van der Waals surface area contributed by atoms with E-state index in [2.05, 4.69) is 10.6 Å². The van der Waals surface area contributed by atoms with Gasteiger partial charge in [-0.05, 0) is 25.5 Å². The standard InChI is InChI=1S/C13H18N2O6/c1-8(16)11(13(19)20)15-10(17)5-2-6-14-12(18)9-4-3-7-21-9/h3-4,7-8,11,16H,2,5-6H2,1H3,(H,14,18)(H,15,17)(H,19,20)/t8-,11+/m1/s1. The van der Waals surface area contributed by atoms with Gasteiger partial charge in [-0.3, -0.25) is 9.59 Å². The summed E-state index contributed by atoms with van der Waals surface area (Å²) in [7, 11) is 0. The molecule has 8 nitrogen and oxygen atoms in total. The van der Waals surface area contributed by atoms with Gasteiger partial charge in [0, 0.05) is 13.0 Å². The molecule has 21 heavy (non-hydrogen) atoms. The van der Waals surface area contributed by atoms with Crippen molar-refractivity contribution in [1.82, 2.24) is 10.6 Å². The Labute approximate surface area is 121 Å². The number of amides is 2. The summed E-state index contributed by atoms with van der Waals surface area (Å²) in [6.07, 6.45) is 0.564. The first-order valence-corrected chi connectivity index (χ1v) is 6.43. The molecule has 0 fully saturated rings. The topological polar surface area (TPSA) is 129 Å². The fourth-order valence-corrected chi connectivity index (χ4v) is 1.58. The number of aliphatic hydroxyl groups excluding tert-OH is 1. The summed E-state index contributed by atoms with van der Waals surface area (Å²) in [6, 6.07) is 1.77. The first-order chi connectivity index (χ1) is 9.91. The van der Waals surface area contributed by atoms with Crippen molar-refractivity contribution < 1.29 is 29.0 Å². The Kier molecular flexibility index (Phi) is 6.41. The zero-order valence-electron chi connectivity index (χ0n) is 11.5. The molecule has 2 amide bonds. The zero-order chi connectivity index (χ0) is 15.8. The normalized spacial score (nSPS) is 13.2. The highest BCUT2D eigenvalue weighted by Crippen LogP contribution is 2.00. The molecular weight excluding hydrogens is 280 g/mol. The third-order valence-corrected chi connectivity index (χ3v) is 2.68. The smallest absolute Gasteiger partial charge is 0.328 e. The number of hydrogen-bond acceptors (Lipinski definition) is 5. The van der Waals surface area contributed by atoms with E-state index in [1.807, 2.05) is 0 Å². The molecule has 0 saturated heterocycles. The third kappa shape index (κ3) is 5.65. The summed E-state index contributed by atoms with van der Waals surface area (Å²) in [5.74, 6) is -2.01. The van der Waals surface area contributed by atoms with E-state index in [9.17, 15) is 19.5 Å². The Balaban J connectivity index is 2.24. The number of carbonyl (C=O) groups excluding carboxylic acids is 2. The van der Waals surface area contributed by atoms with E-state index in [0.29, 0.717) is 6.42 Å². The fraction of sp³-hybridized carbons (Fsp3) is 0.462. The molecule has 2 atom stereocenters. The van der Waals surface area contributed by atoms with E-state index in [1.54, 1.807) is 6.07 Å². The van der Waals surface area contributed by atoms with Gasteiger partial charge in [-0.15, -0.1) is 0 Å². The Morgan fingerprint density at radius 2 is 2.10 bits per heavy atom. The van der Waals surface area contributed by atoms with Crippen LogP contribution >= 0.6 is 0 Å². The largest absolute Gasteiger partial charge is 0.480 e. The fourth-order valence-electron chi connectivity index (χ4n) is 1.58. The molecule has 0 spiro atoms. The van der Waals surface area contributed by atoms with Gasteiger partial charge < -0.3 is 25.3 Å². The number of nitrogens with one attached hydrogen (secondary N) is 2. The monoisotopic (exact) mass is 298 g/mol. The maximum atomic E-state index is 11.5. The molecule has 1 aromatic rings. The maximum absolute atomic E-state index is 11.5. The number of aliphatic carboxylic acids is 1. The number of hydrogen-bond donors (Lipinski definition) is 4. The van der Waals surface area contributed by atoms with Crippen molar-refractivity contribution in [3.05, 3.63) is 24.2 Å². The highest BCUT2D eigenvalue weighted by molar-refractivity contribution is 5.91. The first kappa shape index (κ1) is 16.7. The van der Waals surface area contributed by atoms with Gasteiger partial charge in [-0.25, -0.2) is 4.79 Å². The van der Waals surface area contributed by atoms with E-state index in [1.165, 1.54) is 19.3 Å². The van der Waals surface area contributed by atoms with Crippen LogP contribution in [0.1, 0.15) is 30.3 Å². The molecule has 0 bridgehead atoms. The van der Waals surface area contributed by atoms with Gasteiger partial charge in [-0.2, -0.15) is 0 Å². The second-order valence-electron chi connectivity index (χ2n) is 4.46. The minimum atomic E-state index is -1.34. The highest BCUT2D eigenvalue weighted by Gasteiger charge is 2.24. The number of furan rings is 1. The molecule has 116 valence electrons. The van der Waals surface area contributed by atoms with Gasteiger partial charge in [0.1, 0.15) is 0 Å². The van der Waals surface area contributed by atoms with Crippen LogP contribution in [0.2, 0.25) is 0 Å². The van der Waals surface area contributed by atoms with Gasteiger partial charge in [0.2, 0.25) is 5.91 Å². The number of carboxylic acid groups (broad SMARTS) is 1. The molecule has 1 heterocycles. The number of aliphatic hydroxyl groups is 1. The average Bonchev–Trinajstić information content (AvgIpc) is 2.94. The van der Waals surface area contributed by atoms with Crippen LogP contribution in [0.25, 0.3) is 0 Å². The zero-order valence-corrected chi connectivity index (χ0v) is 11.5. The third-order valence-electron chi connectivity index (χ3n) is 2.68. The summed E-state index contributed by atoms with van der Waals surface area (Å²) in [6.45, 7) is 1.53. The van der Waals surface area contributed by atoms with E-state index >= 15 is 0 Å². The average molecular weight is 298 g/mol. The van der Waals surface area contributed by atoms with Crippen LogP contribution in [-0.4, -0.2) is 46.7 Å².